The number of aryl methyl sites for hydroxylation is 1. The Balaban J connectivity index is 2.36. The van der Waals surface area contributed by atoms with E-state index in [0.29, 0.717) is 5.92 Å². The molecule has 4 nitrogen and oxygen atoms in total. The van der Waals surface area contributed by atoms with Crippen molar-refractivity contribution in [3.8, 4) is 0 Å². The van der Waals surface area contributed by atoms with Gasteiger partial charge >= 0.3 is 0 Å². The highest BCUT2D eigenvalue weighted by Gasteiger charge is 2.09. The molecule has 80 valence electrons. The summed E-state index contributed by atoms with van der Waals surface area (Å²) in [7, 11) is 0. The third kappa shape index (κ3) is 3.46. The molecule has 1 rings (SSSR count). The lowest BCUT2D eigenvalue weighted by Gasteiger charge is -2.00. The van der Waals surface area contributed by atoms with Crippen molar-refractivity contribution in [3.63, 3.8) is 0 Å². The topological polar surface area (TPSA) is 64.9 Å². The SMILES string of the molecule is CC(N)CCCc1nc(C(C)C)no1. The van der Waals surface area contributed by atoms with E-state index in [4.69, 9.17) is 10.3 Å². The van der Waals surface area contributed by atoms with Crippen LogP contribution in [0.15, 0.2) is 4.52 Å². The Hall–Kier alpha value is -0.900. The summed E-state index contributed by atoms with van der Waals surface area (Å²) in [6, 6.07) is 0.252. The van der Waals surface area contributed by atoms with E-state index in [9.17, 15) is 0 Å². The molecule has 2 N–H and O–H groups in total. The molecule has 0 fully saturated rings. The quantitative estimate of drug-likeness (QED) is 0.782. The molecule has 0 saturated heterocycles. The number of nitrogens with zero attached hydrogens (tertiary/aromatic N) is 2. The smallest absolute Gasteiger partial charge is 0.226 e. The molecule has 0 radical (unpaired) electrons. The maximum atomic E-state index is 5.64. The lowest BCUT2D eigenvalue weighted by atomic mass is 10.1. The van der Waals surface area contributed by atoms with Gasteiger partial charge in [0.05, 0.1) is 0 Å². The summed E-state index contributed by atoms with van der Waals surface area (Å²) in [6.07, 6.45) is 2.85. The predicted molar refractivity (Wildman–Crippen MR) is 55.0 cm³/mol. The number of hydrogen-bond donors (Lipinski definition) is 1. The summed E-state index contributed by atoms with van der Waals surface area (Å²) >= 11 is 0. The number of rotatable bonds is 5. The van der Waals surface area contributed by atoms with Gasteiger partial charge < -0.3 is 10.3 Å². The van der Waals surface area contributed by atoms with Crippen LogP contribution in [0.25, 0.3) is 0 Å². The van der Waals surface area contributed by atoms with Crippen LogP contribution in [0.2, 0.25) is 0 Å². The molecular formula is C10H19N3O. The third-order valence-electron chi connectivity index (χ3n) is 2.05. The molecule has 1 atom stereocenters. The van der Waals surface area contributed by atoms with Crippen LogP contribution >= 0.6 is 0 Å². The van der Waals surface area contributed by atoms with Crippen LogP contribution < -0.4 is 5.73 Å². The van der Waals surface area contributed by atoms with Gasteiger partial charge in [-0.15, -0.1) is 0 Å². The molecule has 0 aliphatic rings. The van der Waals surface area contributed by atoms with Gasteiger partial charge in [-0.1, -0.05) is 19.0 Å². The maximum Gasteiger partial charge on any atom is 0.226 e. The van der Waals surface area contributed by atoms with E-state index in [1.807, 2.05) is 6.92 Å². The zero-order chi connectivity index (χ0) is 10.6. The molecule has 4 heteroatoms. The summed E-state index contributed by atoms with van der Waals surface area (Å²) in [5, 5.41) is 3.90. The lowest BCUT2D eigenvalue weighted by molar-refractivity contribution is 0.366. The summed E-state index contributed by atoms with van der Waals surface area (Å²) in [5.74, 6) is 1.86. The third-order valence-corrected chi connectivity index (χ3v) is 2.05. The molecule has 14 heavy (non-hydrogen) atoms. The molecule has 0 bridgehead atoms. The number of nitrogens with two attached hydrogens (primary N) is 1. The molecular weight excluding hydrogens is 178 g/mol. The lowest BCUT2D eigenvalue weighted by Crippen LogP contribution is -2.14. The van der Waals surface area contributed by atoms with Crippen molar-refractivity contribution in [1.82, 2.24) is 10.1 Å². The zero-order valence-electron chi connectivity index (χ0n) is 9.16. The first kappa shape index (κ1) is 11.2. The molecule has 1 heterocycles. The molecule has 0 aromatic carbocycles. The summed E-state index contributed by atoms with van der Waals surface area (Å²) in [5.41, 5.74) is 5.64. The molecule has 0 amide bonds. The summed E-state index contributed by atoms with van der Waals surface area (Å²) in [4.78, 5) is 4.29. The minimum absolute atomic E-state index is 0.252. The van der Waals surface area contributed by atoms with Crippen LogP contribution in [0.3, 0.4) is 0 Å². The van der Waals surface area contributed by atoms with Crippen molar-refractivity contribution in [2.75, 3.05) is 0 Å². The number of hydrogen-bond acceptors (Lipinski definition) is 4. The van der Waals surface area contributed by atoms with E-state index < -0.39 is 0 Å². The van der Waals surface area contributed by atoms with Gasteiger partial charge in [0.1, 0.15) is 0 Å². The molecule has 0 spiro atoms. The molecule has 1 aromatic heterocycles. The van der Waals surface area contributed by atoms with E-state index >= 15 is 0 Å². The van der Waals surface area contributed by atoms with Gasteiger partial charge in [0, 0.05) is 18.4 Å². The van der Waals surface area contributed by atoms with E-state index in [1.54, 1.807) is 0 Å². The largest absolute Gasteiger partial charge is 0.339 e. The molecule has 1 unspecified atom stereocenters. The fourth-order valence-electron chi connectivity index (χ4n) is 1.18. The molecule has 0 aliphatic heterocycles. The van der Waals surface area contributed by atoms with Crippen LogP contribution in [-0.2, 0) is 6.42 Å². The van der Waals surface area contributed by atoms with Gasteiger partial charge in [0.15, 0.2) is 5.82 Å². The fourth-order valence-corrected chi connectivity index (χ4v) is 1.18. The molecule has 0 aliphatic carbocycles. The Morgan fingerprint density at radius 1 is 1.36 bits per heavy atom. The van der Waals surface area contributed by atoms with Gasteiger partial charge in [-0.25, -0.2) is 0 Å². The minimum Gasteiger partial charge on any atom is -0.339 e. The van der Waals surface area contributed by atoms with E-state index in [1.165, 1.54) is 0 Å². The van der Waals surface area contributed by atoms with Gasteiger partial charge in [-0.2, -0.15) is 4.98 Å². The van der Waals surface area contributed by atoms with Gasteiger partial charge in [0.2, 0.25) is 5.89 Å². The first-order chi connectivity index (χ1) is 6.59. The van der Waals surface area contributed by atoms with Crippen LogP contribution in [0.4, 0.5) is 0 Å². The average molecular weight is 197 g/mol. The van der Waals surface area contributed by atoms with Crippen molar-refractivity contribution in [1.29, 1.82) is 0 Å². The minimum atomic E-state index is 0.252. The Kier molecular flexibility index (Phi) is 4.07. The highest BCUT2D eigenvalue weighted by molar-refractivity contribution is 4.91. The van der Waals surface area contributed by atoms with Crippen LogP contribution in [-0.4, -0.2) is 16.2 Å². The molecule has 0 saturated carbocycles. The highest BCUT2D eigenvalue weighted by atomic mass is 16.5. The number of aromatic nitrogens is 2. The summed E-state index contributed by atoms with van der Waals surface area (Å²) in [6.45, 7) is 6.11. The van der Waals surface area contributed by atoms with Crippen molar-refractivity contribution < 1.29 is 4.52 Å². The van der Waals surface area contributed by atoms with Crippen molar-refractivity contribution >= 4 is 0 Å². The van der Waals surface area contributed by atoms with Crippen LogP contribution in [0.1, 0.15) is 51.2 Å². The fraction of sp³-hybridized carbons (Fsp3) is 0.800. The monoisotopic (exact) mass is 197 g/mol. The van der Waals surface area contributed by atoms with Gasteiger partial charge in [-0.3, -0.25) is 0 Å². The first-order valence-corrected chi connectivity index (χ1v) is 5.17. The standard InChI is InChI=1S/C10H19N3O/c1-7(2)10-12-9(14-13-10)6-4-5-8(3)11/h7-8H,4-6,11H2,1-3H3. The second-order valence-corrected chi connectivity index (χ2v) is 4.07. The second-order valence-electron chi connectivity index (χ2n) is 4.07. The summed E-state index contributed by atoms with van der Waals surface area (Å²) < 4.78 is 5.11. The zero-order valence-corrected chi connectivity index (χ0v) is 9.16. The van der Waals surface area contributed by atoms with E-state index in [0.717, 1.165) is 31.0 Å². The van der Waals surface area contributed by atoms with Crippen molar-refractivity contribution in [2.45, 2.75) is 52.0 Å². The Morgan fingerprint density at radius 3 is 2.57 bits per heavy atom. The normalized spacial score (nSPS) is 13.5. The Labute approximate surface area is 84.9 Å². The first-order valence-electron chi connectivity index (χ1n) is 5.17. The second kappa shape index (κ2) is 5.10. The van der Waals surface area contributed by atoms with Gasteiger partial charge in [0.25, 0.3) is 0 Å². The average Bonchev–Trinajstić information content (AvgIpc) is 2.52. The maximum absolute atomic E-state index is 5.64. The van der Waals surface area contributed by atoms with Crippen molar-refractivity contribution in [3.05, 3.63) is 11.7 Å². The van der Waals surface area contributed by atoms with Gasteiger partial charge in [-0.05, 0) is 19.8 Å². The van der Waals surface area contributed by atoms with Crippen LogP contribution in [0, 0.1) is 0 Å². The van der Waals surface area contributed by atoms with Crippen molar-refractivity contribution in [2.24, 2.45) is 5.73 Å². The highest BCUT2D eigenvalue weighted by Crippen LogP contribution is 2.11. The Morgan fingerprint density at radius 2 is 2.07 bits per heavy atom. The Bertz CT molecular complexity index is 268. The van der Waals surface area contributed by atoms with E-state index in [-0.39, 0.29) is 6.04 Å². The van der Waals surface area contributed by atoms with Crippen LogP contribution in [0.5, 0.6) is 0 Å². The predicted octanol–water partition coefficient (Wildman–Crippen LogP) is 1.86. The van der Waals surface area contributed by atoms with E-state index in [2.05, 4.69) is 24.0 Å². The molecule has 1 aromatic rings.